The van der Waals surface area contributed by atoms with Crippen LogP contribution in [0.2, 0.25) is 0 Å². The van der Waals surface area contributed by atoms with Crippen LogP contribution in [0.15, 0.2) is 54.6 Å². The third-order valence-corrected chi connectivity index (χ3v) is 5.96. The van der Waals surface area contributed by atoms with Crippen molar-refractivity contribution in [1.82, 2.24) is 14.9 Å². The third kappa shape index (κ3) is 3.49. The van der Waals surface area contributed by atoms with Gasteiger partial charge in [-0.25, -0.2) is 4.98 Å². The van der Waals surface area contributed by atoms with Crippen molar-refractivity contribution >= 4 is 34.6 Å². The van der Waals surface area contributed by atoms with Gasteiger partial charge in [-0.3, -0.25) is 9.59 Å². The highest BCUT2D eigenvalue weighted by Crippen LogP contribution is 2.31. The first-order valence-electron chi connectivity index (χ1n) is 10.5. The molecule has 152 valence electrons. The average molecular weight is 400 g/mol. The predicted molar refractivity (Wildman–Crippen MR) is 117 cm³/mol. The predicted octanol–water partition coefficient (Wildman–Crippen LogP) is 4.07. The molecule has 1 N–H and O–H groups in total. The summed E-state index contributed by atoms with van der Waals surface area (Å²) < 4.78 is 0. The Morgan fingerprint density at radius 2 is 1.90 bits per heavy atom. The van der Waals surface area contributed by atoms with Crippen LogP contribution < -0.4 is 4.90 Å². The van der Waals surface area contributed by atoms with E-state index >= 15 is 0 Å². The lowest BCUT2D eigenvalue weighted by Gasteiger charge is -2.21. The largest absolute Gasteiger partial charge is 0.340 e. The standard InChI is InChI=1S/C24H24N4O2/c29-22-8-4-15-27(22)18-12-9-17(10-13-18)11-14-23(30)28-16-3-7-21(28)24-25-19-5-1-2-6-20(19)26-24/h1-2,5-6,9-14,21H,3-4,7-8,15-16H2,(H,25,26)/b14-11+. The van der Waals surface area contributed by atoms with Crippen LogP contribution in [0, 0.1) is 0 Å². The quantitative estimate of drug-likeness (QED) is 0.672. The van der Waals surface area contributed by atoms with Gasteiger partial charge in [0, 0.05) is 31.3 Å². The van der Waals surface area contributed by atoms with Gasteiger partial charge >= 0.3 is 0 Å². The Hall–Kier alpha value is -3.41. The lowest BCUT2D eigenvalue weighted by molar-refractivity contribution is -0.127. The molecule has 3 heterocycles. The smallest absolute Gasteiger partial charge is 0.247 e. The maximum atomic E-state index is 12.9. The Labute approximate surface area is 175 Å². The molecule has 6 nitrogen and oxygen atoms in total. The summed E-state index contributed by atoms with van der Waals surface area (Å²) in [4.78, 5) is 36.5. The zero-order chi connectivity index (χ0) is 20.5. The lowest BCUT2D eigenvalue weighted by atomic mass is 10.1. The molecule has 1 unspecified atom stereocenters. The number of hydrogen-bond donors (Lipinski definition) is 1. The topological polar surface area (TPSA) is 69.3 Å². The monoisotopic (exact) mass is 400 g/mol. The van der Waals surface area contributed by atoms with Gasteiger partial charge in [0.05, 0.1) is 17.1 Å². The molecule has 30 heavy (non-hydrogen) atoms. The second kappa shape index (κ2) is 7.78. The molecule has 0 radical (unpaired) electrons. The van der Waals surface area contributed by atoms with Gasteiger partial charge in [0.25, 0.3) is 0 Å². The summed E-state index contributed by atoms with van der Waals surface area (Å²) in [5, 5.41) is 0. The number of hydrogen-bond acceptors (Lipinski definition) is 3. The first kappa shape index (κ1) is 18.6. The first-order valence-corrected chi connectivity index (χ1v) is 10.5. The Bertz CT molecular complexity index is 1080. The van der Waals surface area contributed by atoms with Crippen LogP contribution in [0.3, 0.4) is 0 Å². The van der Waals surface area contributed by atoms with Crippen LogP contribution in [-0.2, 0) is 9.59 Å². The van der Waals surface area contributed by atoms with E-state index < -0.39 is 0 Å². The molecular formula is C24H24N4O2. The molecule has 2 amide bonds. The van der Waals surface area contributed by atoms with Crippen LogP contribution >= 0.6 is 0 Å². The van der Waals surface area contributed by atoms with Crippen molar-refractivity contribution < 1.29 is 9.59 Å². The Morgan fingerprint density at radius 1 is 1.07 bits per heavy atom. The van der Waals surface area contributed by atoms with E-state index in [0.717, 1.165) is 60.5 Å². The number of likely N-dealkylation sites (tertiary alicyclic amines) is 1. The van der Waals surface area contributed by atoms with Crippen LogP contribution in [0.1, 0.15) is 43.1 Å². The molecule has 2 aliphatic rings. The second-order valence-corrected chi connectivity index (χ2v) is 7.90. The third-order valence-electron chi connectivity index (χ3n) is 5.96. The molecule has 1 aromatic heterocycles. The minimum Gasteiger partial charge on any atom is -0.340 e. The van der Waals surface area contributed by atoms with E-state index in [-0.39, 0.29) is 17.9 Å². The summed E-state index contributed by atoms with van der Waals surface area (Å²) in [7, 11) is 0. The number of fused-ring (bicyclic) bond motifs is 1. The Balaban J connectivity index is 1.29. The molecule has 3 aromatic rings. The van der Waals surface area contributed by atoms with E-state index in [0.29, 0.717) is 6.42 Å². The van der Waals surface area contributed by atoms with Crippen LogP contribution in [0.25, 0.3) is 17.1 Å². The number of anilines is 1. The van der Waals surface area contributed by atoms with Gasteiger partial charge in [0.15, 0.2) is 0 Å². The molecule has 0 aliphatic carbocycles. The van der Waals surface area contributed by atoms with Crippen molar-refractivity contribution in [2.75, 3.05) is 18.0 Å². The number of nitrogens with one attached hydrogen (secondary N) is 1. The number of rotatable bonds is 4. The summed E-state index contributed by atoms with van der Waals surface area (Å²) in [6, 6.07) is 15.7. The summed E-state index contributed by atoms with van der Waals surface area (Å²) >= 11 is 0. The molecule has 0 bridgehead atoms. The van der Waals surface area contributed by atoms with Gasteiger partial charge in [0.1, 0.15) is 5.82 Å². The fourth-order valence-corrected chi connectivity index (χ4v) is 4.39. The molecule has 2 fully saturated rings. The van der Waals surface area contributed by atoms with Gasteiger partial charge in [0.2, 0.25) is 11.8 Å². The van der Waals surface area contributed by atoms with Crippen molar-refractivity contribution in [3.63, 3.8) is 0 Å². The lowest BCUT2D eigenvalue weighted by Crippen LogP contribution is -2.29. The van der Waals surface area contributed by atoms with E-state index in [4.69, 9.17) is 4.98 Å². The number of aromatic nitrogens is 2. The van der Waals surface area contributed by atoms with Crippen molar-refractivity contribution in [3.8, 4) is 0 Å². The normalized spacial score (nSPS) is 19.5. The van der Waals surface area contributed by atoms with E-state index in [1.165, 1.54) is 0 Å². The fraction of sp³-hybridized carbons (Fsp3) is 0.292. The highest BCUT2D eigenvalue weighted by atomic mass is 16.2. The summed E-state index contributed by atoms with van der Waals surface area (Å²) in [5.41, 5.74) is 3.79. The SMILES string of the molecule is O=C1CCCN1c1ccc(/C=C/C(=O)N2CCCC2c2nc3ccccc3[nH]2)cc1. The van der Waals surface area contributed by atoms with E-state index in [2.05, 4.69) is 4.98 Å². The first-order chi connectivity index (χ1) is 14.7. The molecule has 0 saturated carbocycles. The van der Waals surface area contributed by atoms with Gasteiger partial charge in [-0.05, 0) is 55.2 Å². The van der Waals surface area contributed by atoms with Crippen molar-refractivity contribution in [2.24, 2.45) is 0 Å². The summed E-state index contributed by atoms with van der Waals surface area (Å²) in [6.45, 7) is 1.52. The maximum Gasteiger partial charge on any atom is 0.247 e. The highest BCUT2D eigenvalue weighted by molar-refractivity contribution is 5.95. The molecular weight excluding hydrogens is 376 g/mol. The zero-order valence-electron chi connectivity index (χ0n) is 16.8. The van der Waals surface area contributed by atoms with Gasteiger partial charge in [-0.15, -0.1) is 0 Å². The fourth-order valence-electron chi connectivity index (χ4n) is 4.39. The Morgan fingerprint density at radius 3 is 2.67 bits per heavy atom. The molecule has 5 rings (SSSR count). The van der Waals surface area contributed by atoms with Crippen molar-refractivity contribution in [1.29, 1.82) is 0 Å². The van der Waals surface area contributed by atoms with E-state index in [1.54, 1.807) is 6.08 Å². The van der Waals surface area contributed by atoms with Gasteiger partial charge < -0.3 is 14.8 Å². The molecule has 2 saturated heterocycles. The van der Waals surface area contributed by atoms with Crippen LogP contribution in [-0.4, -0.2) is 39.8 Å². The maximum absolute atomic E-state index is 12.9. The van der Waals surface area contributed by atoms with Crippen molar-refractivity contribution in [3.05, 3.63) is 66.0 Å². The molecule has 2 aliphatic heterocycles. The molecule has 1 atom stereocenters. The second-order valence-electron chi connectivity index (χ2n) is 7.90. The number of H-pyrrole nitrogens is 1. The van der Waals surface area contributed by atoms with Crippen LogP contribution in [0.4, 0.5) is 5.69 Å². The number of carbonyl (C=O) groups is 2. The number of carbonyl (C=O) groups excluding carboxylic acids is 2. The van der Waals surface area contributed by atoms with Crippen molar-refractivity contribution in [2.45, 2.75) is 31.7 Å². The molecule has 0 spiro atoms. The number of para-hydroxylation sites is 2. The molecule has 2 aromatic carbocycles. The number of amides is 2. The van der Waals surface area contributed by atoms with Crippen LogP contribution in [0.5, 0.6) is 0 Å². The number of aromatic amines is 1. The average Bonchev–Trinajstić information content (AvgIpc) is 3.51. The zero-order valence-corrected chi connectivity index (χ0v) is 16.8. The number of nitrogens with zero attached hydrogens (tertiary/aromatic N) is 3. The number of benzene rings is 2. The highest BCUT2D eigenvalue weighted by Gasteiger charge is 2.31. The number of imidazole rings is 1. The minimum atomic E-state index is -0.0156. The van der Waals surface area contributed by atoms with Gasteiger partial charge in [-0.1, -0.05) is 24.3 Å². The Kier molecular flexibility index (Phi) is 4.83. The molecule has 6 heteroatoms. The summed E-state index contributed by atoms with van der Waals surface area (Å²) in [5.74, 6) is 1.03. The summed E-state index contributed by atoms with van der Waals surface area (Å²) in [6.07, 6.45) is 6.90. The minimum absolute atomic E-state index is 0.00301. The van der Waals surface area contributed by atoms with Gasteiger partial charge in [-0.2, -0.15) is 0 Å². The van der Waals surface area contributed by atoms with E-state index in [1.807, 2.05) is 64.4 Å². The van der Waals surface area contributed by atoms with E-state index in [9.17, 15) is 9.59 Å².